The summed E-state index contributed by atoms with van der Waals surface area (Å²) in [6.07, 6.45) is -1.63. The summed E-state index contributed by atoms with van der Waals surface area (Å²) in [7, 11) is 0. The fraction of sp³-hybridized carbons (Fsp3) is 0.586. The van der Waals surface area contributed by atoms with Crippen LogP contribution in [0.4, 0.5) is 32.2 Å². The molecule has 3 atom stereocenters. The van der Waals surface area contributed by atoms with Gasteiger partial charge in [0.2, 0.25) is 5.82 Å². The molecule has 1 aliphatic rings. The number of amides is 1. The van der Waals surface area contributed by atoms with E-state index in [4.69, 9.17) is 31.3 Å². The third-order valence-corrected chi connectivity index (χ3v) is 7.00. The molecule has 1 aromatic heterocycles. The van der Waals surface area contributed by atoms with Gasteiger partial charge in [0, 0.05) is 11.9 Å². The number of fused-ring (bicyclic) bond motifs is 1. The van der Waals surface area contributed by atoms with E-state index < -0.39 is 24.3 Å². The number of anilines is 1. The van der Waals surface area contributed by atoms with Crippen LogP contribution in [0.5, 0.6) is 0 Å². The first-order valence-electron chi connectivity index (χ1n) is 14.8. The molecule has 12 nitrogen and oxygen atoms in total. The standard InChI is InChI=1S/C25H39N7O.2C2HF3O2/c1-4-6-9-17(5-2)15-28-24(33)23-29-19-13-12-16(3)14-18(19)22(32-23)30-20-10-7-8-11-21(20)31-25(26)27;2*3-2(4,5)1(6)7/h12-14,17,20-21H,4-11,15H2,1-3H3,(H,28,33)(H4,26,27,31)(H,29,30,32);2*(H,6,7). The molecule has 1 aromatic carbocycles. The van der Waals surface area contributed by atoms with E-state index in [2.05, 4.69) is 45.5 Å². The Morgan fingerprint density at radius 1 is 1.00 bits per heavy atom. The van der Waals surface area contributed by atoms with Crippen LogP contribution in [-0.4, -0.2) is 75.0 Å². The second-order valence-corrected chi connectivity index (χ2v) is 10.8. The van der Waals surface area contributed by atoms with Crippen molar-refractivity contribution in [3.8, 4) is 0 Å². The van der Waals surface area contributed by atoms with Crippen LogP contribution in [0, 0.1) is 12.8 Å². The van der Waals surface area contributed by atoms with E-state index in [1.807, 2.05) is 19.1 Å². The number of nitrogens with zero attached hydrogens (tertiary/aromatic N) is 3. The lowest BCUT2D eigenvalue weighted by atomic mass is 9.90. The number of carbonyl (C=O) groups excluding carboxylic acids is 1. The van der Waals surface area contributed by atoms with E-state index in [9.17, 15) is 31.1 Å². The number of benzene rings is 1. The van der Waals surface area contributed by atoms with Crippen molar-refractivity contribution in [2.45, 2.75) is 96.6 Å². The van der Waals surface area contributed by atoms with E-state index in [1.54, 1.807) is 0 Å². The van der Waals surface area contributed by atoms with Crippen LogP contribution in [0.1, 0.15) is 81.4 Å². The first kappa shape index (κ1) is 40.6. The van der Waals surface area contributed by atoms with Crippen LogP contribution in [0.15, 0.2) is 23.2 Å². The quantitative estimate of drug-likeness (QED) is 0.111. The van der Waals surface area contributed by atoms with Crippen LogP contribution in [0.25, 0.3) is 10.9 Å². The Morgan fingerprint density at radius 2 is 1.57 bits per heavy atom. The number of carboxylic acid groups (broad SMARTS) is 2. The SMILES string of the molecule is CCCCC(CC)CNC(=O)c1nc(NC2CCCCC2N=C(N)N)c2cc(C)ccc2n1.O=C(O)C(F)(F)F.O=C(O)C(F)(F)F. The number of nitrogens with one attached hydrogen (secondary N) is 2. The molecule has 47 heavy (non-hydrogen) atoms. The van der Waals surface area contributed by atoms with Gasteiger partial charge in [0.25, 0.3) is 5.91 Å². The number of guanidine groups is 1. The maximum absolute atomic E-state index is 13.0. The summed E-state index contributed by atoms with van der Waals surface area (Å²) < 4.78 is 63.5. The largest absolute Gasteiger partial charge is 0.490 e. The predicted molar refractivity (Wildman–Crippen MR) is 163 cm³/mol. The molecule has 0 aliphatic heterocycles. The highest BCUT2D eigenvalue weighted by Crippen LogP contribution is 2.28. The molecule has 1 saturated carbocycles. The van der Waals surface area contributed by atoms with Crippen molar-refractivity contribution in [1.82, 2.24) is 15.3 Å². The number of unbranched alkanes of at least 4 members (excludes halogenated alkanes) is 1. The molecule has 2 aromatic rings. The smallest absolute Gasteiger partial charge is 0.475 e. The van der Waals surface area contributed by atoms with Gasteiger partial charge in [0.1, 0.15) is 5.82 Å². The van der Waals surface area contributed by atoms with Gasteiger partial charge in [-0.05, 0) is 44.2 Å². The Morgan fingerprint density at radius 3 is 2.09 bits per heavy atom. The average Bonchev–Trinajstić information content (AvgIpc) is 2.97. The molecule has 3 rings (SSSR count). The lowest BCUT2D eigenvalue weighted by molar-refractivity contribution is -0.193. The number of carbonyl (C=O) groups is 3. The van der Waals surface area contributed by atoms with Crippen LogP contribution in [0.3, 0.4) is 0 Å². The van der Waals surface area contributed by atoms with Crippen molar-refractivity contribution in [3.63, 3.8) is 0 Å². The Balaban J connectivity index is 0.000000658. The molecule has 1 aliphatic carbocycles. The number of carboxylic acids is 2. The molecule has 0 bridgehead atoms. The summed E-state index contributed by atoms with van der Waals surface area (Å²) in [5.41, 5.74) is 13.2. The number of alkyl halides is 6. The first-order valence-corrected chi connectivity index (χ1v) is 14.8. The van der Waals surface area contributed by atoms with E-state index in [-0.39, 0.29) is 29.8 Å². The molecule has 1 amide bonds. The summed E-state index contributed by atoms with van der Waals surface area (Å²) in [4.78, 5) is 44.5. The maximum Gasteiger partial charge on any atom is 0.490 e. The van der Waals surface area contributed by atoms with Gasteiger partial charge >= 0.3 is 24.3 Å². The Bertz CT molecular complexity index is 1340. The summed E-state index contributed by atoms with van der Waals surface area (Å²) in [6.45, 7) is 7.03. The Kier molecular flexibility index (Phi) is 16.2. The van der Waals surface area contributed by atoms with Crippen LogP contribution in [0.2, 0.25) is 0 Å². The normalized spacial score (nSPS) is 16.8. The van der Waals surface area contributed by atoms with Gasteiger partial charge in [-0.2, -0.15) is 26.3 Å². The third kappa shape index (κ3) is 14.7. The fourth-order valence-electron chi connectivity index (χ4n) is 4.51. The maximum atomic E-state index is 13.0. The fourth-order valence-corrected chi connectivity index (χ4v) is 4.51. The minimum absolute atomic E-state index is 0.0141. The van der Waals surface area contributed by atoms with Crippen molar-refractivity contribution in [3.05, 3.63) is 29.6 Å². The lowest BCUT2D eigenvalue weighted by Crippen LogP contribution is -2.38. The average molecular weight is 682 g/mol. The number of aliphatic carboxylic acids is 2. The molecule has 0 spiro atoms. The van der Waals surface area contributed by atoms with Gasteiger partial charge in [0.15, 0.2) is 5.96 Å². The minimum atomic E-state index is -5.08. The van der Waals surface area contributed by atoms with Crippen LogP contribution in [-0.2, 0) is 9.59 Å². The van der Waals surface area contributed by atoms with Crippen molar-refractivity contribution in [1.29, 1.82) is 0 Å². The van der Waals surface area contributed by atoms with E-state index in [0.717, 1.165) is 61.4 Å². The third-order valence-electron chi connectivity index (χ3n) is 7.00. The molecule has 0 saturated heterocycles. The first-order chi connectivity index (χ1) is 21.8. The van der Waals surface area contributed by atoms with Crippen molar-refractivity contribution in [2.24, 2.45) is 22.4 Å². The molecule has 1 fully saturated rings. The zero-order valence-corrected chi connectivity index (χ0v) is 26.2. The molecular formula is C29H41F6N7O5. The number of aryl methyl sites for hydroxylation is 1. The highest BCUT2D eigenvalue weighted by Gasteiger charge is 2.39. The van der Waals surface area contributed by atoms with E-state index in [1.165, 1.54) is 6.42 Å². The van der Waals surface area contributed by atoms with Gasteiger partial charge in [-0.25, -0.2) is 24.5 Å². The monoisotopic (exact) mass is 681 g/mol. The molecule has 0 radical (unpaired) electrons. The predicted octanol–water partition coefficient (Wildman–Crippen LogP) is 5.15. The van der Waals surface area contributed by atoms with Gasteiger partial charge in [-0.1, -0.05) is 57.6 Å². The van der Waals surface area contributed by atoms with Crippen molar-refractivity contribution in [2.75, 3.05) is 11.9 Å². The molecule has 264 valence electrons. The Labute approximate surface area is 267 Å². The molecule has 1 heterocycles. The van der Waals surface area contributed by atoms with Crippen molar-refractivity contribution >= 4 is 40.5 Å². The van der Waals surface area contributed by atoms with E-state index >= 15 is 0 Å². The topological polar surface area (TPSA) is 206 Å². The molecule has 18 heteroatoms. The zero-order chi connectivity index (χ0) is 35.9. The Hall–Kier alpha value is -4.38. The van der Waals surface area contributed by atoms with Gasteiger partial charge < -0.3 is 32.3 Å². The van der Waals surface area contributed by atoms with Gasteiger partial charge in [-0.15, -0.1) is 0 Å². The number of rotatable bonds is 10. The molecular weight excluding hydrogens is 640 g/mol. The minimum Gasteiger partial charge on any atom is -0.475 e. The summed E-state index contributed by atoms with van der Waals surface area (Å²) in [6, 6.07) is 6.03. The summed E-state index contributed by atoms with van der Waals surface area (Å²) in [5.74, 6) is -4.33. The number of halogens is 6. The molecule has 8 N–H and O–H groups in total. The highest BCUT2D eigenvalue weighted by molar-refractivity contribution is 5.96. The second kappa shape index (κ2) is 18.7. The van der Waals surface area contributed by atoms with E-state index in [0.29, 0.717) is 18.3 Å². The second-order valence-electron chi connectivity index (χ2n) is 10.8. The number of hydrogen-bond acceptors (Lipinski definition) is 7. The number of hydrogen-bond donors (Lipinski definition) is 6. The number of nitrogens with two attached hydrogens (primary N) is 2. The number of aromatic nitrogens is 2. The highest BCUT2D eigenvalue weighted by atomic mass is 19.4. The van der Waals surface area contributed by atoms with Crippen LogP contribution >= 0.6 is 0 Å². The van der Waals surface area contributed by atoms with Crippen LogP contribution < -0.4 is 22.1 Å². The zero-order valence-electron chi connectivity index (χ0n) is 26.2. The number of aliphatic imine (C=N–C) groups is 1. The summed E-state index contributed by atoms with van der Waals surface area (Å²) in [5, 5.41) is 21.8. The lowest BCUT2D eigenvalue weighted by Gasteiger charge is -2.30. The summed E-state index contributed by atoms with van der Waals surface area (Å²) >= 11 is 0. The van der Waals surface area contributed by atoms with Crippen molar-refractivity contribution < 1.29 is 50.9 Å². The molecule has 3 unspecified atom stereocenters. The van der Waals surface area contributed by atoms with Gasteiger partial charge in [-0.3, -0.25) is 4.79 Å². The van der Waals surface area contributed by atoms with Gasteiger partial charge in [0.05, 0.1) is 17.6 Å².